The Hall–Kier alpha value is -7.60. The molecule has 0 saturated carbocycles. The minimum atomic E-state index is -4.72. The largest absolute Gasteiger partial charge is 0.478 e. The second kappa shape index (κ2) is 18.6. The summed E-state index contributed by atoms with van der Waals surface area (Å²) in [6, 6.07) is 26.2. The van der Waals surface area contributed by atoms with E-state index >= 15 is 0 Å². The fourth-order valence-electron chi connectivity index (χ4n) is 6.27. The highest BCUT2D eigenvalue weighted by Gasteiger charge is 2.35. The first kappa shape index (κ1) is 44.9. The molecule has 2 aliphatic heterocycles. The number of halogens is 8. The van der Waals surface area contributed by atoms with Gasteiger partial charge in [0.25, 0.3) is 5.91 Å². The lowest BCUT2D eigenvalue weighted by atomic mass is 10.0. The number of carbonyl (C=O) groups excluding carboxylic acids is 1. The Labute approximate surface area is 363 Å². The Kier molecular flexibility index (Phi) is 13.2. The van der Waals surface area contributed by atoms with Crippen molar-refractivity contribution in [3.05, 3.63) is 175 Å². The summed E-state index contributed by atoms with van der Waals surface area (Å²) < 4.78 is 76.2. The zero-order valence-corrected chi connectivity index (χ0v) is 33.4. The zero-order valence-electron chi connectivity index (χ0n) is 31.9. The Morgan fingerprint density at radius 3 is 1.60 bits per heavy atom. The molecule has 0 aliphatic carbocycles. The summed E-state index contributed by atoms with van der Waals surface area (Å²) in [5.74, 6) is -1.56. The standard InChI is InChI=1S/C22H12ClF3N4O.C14H9ClN2O2.C8H5F3N2/c23-19-7-5-14(11-28-19)18-8-12-2-1-3-16(20(12)30-18)21(31)29-15-6-4-13(10-27)17(9-15)22(24,25)26;15-12-5-4-9(7-16-12)11-6-8-2-1-3-10(14(18)19)13(8)17-11;9-8(10,11)7-3-6(13)2-1-5(7)4-12/h1-7,9,11H,8H2,(H,29,31);1-5,7H,6H2,(H,18,19);1-3H,13H2. The average Bonchev–Trinajstić information content (AvgIpc) is 3.89. The van der Waals surface area contributed by atoms with E-state index in [-0.39, 0.29) is 22.5 Å². The van der Waals surface area contributed by atoms with Gasteiger partial charge in [0.05, 0.1) is 68.3 Å². The molecule has 0 radical (unpaired) electrons. The number of carboxylic acids is 1. The van der Waals surface area contributed by atoms with E-state index in [0.29, 0.717) is 40.2 Å². The summed E-state index contributed by atoms with van der Waals surface area (Å²) in [5, 5.41) is 29.7. The van der Waals surface area contributed by atoms with Crippen LogP contribution in [0.25, 0.3) is 0 Å². The van der Waals surface area contributed by atoms with E-state index in [4.69, 9.17) is 44.6 Å². The van der Waals surface area contributed by atoms with Crippen LogP contribution in [0.1, 0.15) is 65.2 Å². The smallest absolute Gasteiger partial charge is 0.417 e. The summed E-state index contributed by atoms with van der Waals surface area (Å²) in [5.41, 5.74) is 8.38. The third kappa shape index (κ3) is 10.7. The molecule has 63 heavy (non-hydrogen) atoms. The molecular weight excluding hydrogens is 873 g/mol. The first-order valence-electron chi connectivity index (χ1n) is 18.0. The van der Waals surface area contributed by atoms with Crippen molar-refractivity contribution in [3.63, 3.8) is 0 Å². The van der Waals surface area contributed by atoms with Crippen LogP contribution in [0, 0.1) is 22.7 Å². The lowest BCUT2D eigenvalue weighted by molar-refractivity contribution is -0.138. The SMILES string of the molecule is N#Cc1ccc(N)cc1C(F)(F)F.N#Cc1ccc(NC(=O)c2cccc3c2N=C(c2ccc(Cl)nc2)C3)cc1C(F)(F)F.O=C(O)c1cccc2c1N=C(c1ccc(Cl)nc1)C2. The number of aromatic carboxylic acids is 1. The molecule has 6 aromatic rings. The number of para-hydroxylation sites is 2. The van der Waals surface area contributed by atoms with Crippen molar-refractivity contribution in [1.82, 2.24) is 9.97 Å². The van der Waals surface area contributed by atoms with Gasteiger partial charge < -0.3 is 16.2 Å². The molecule has 2 aromatic heterocycles. The number of benzene rings is 4. The van der Waals surface area contributed by atoms with E-state index in [9.17, 15) is 35.9 Å². The topological polar surface area (TPSA) is 190 Å². The van der Waals surface area contributed by atoms with Crippen molar-refractivity contribution < 1.29 is 41.0 Å². The van der Waals surface area contributed by atoms with E-state index < -0.39 is 46.5 Å². The summed E-state index contributed by atoms with van der Waals surface area (Å²) in [6.45, 7) is 0. The number of pyridine rings is 2. The number of nitrogens with zero attached hydrogens (tertiary/aromatic N) is 6. The van der Waals surface area contributed by atoms with Gasteiger partial charge in [0.15, 0.2) is 0 Å². The van der Waals surface area contributed by atoms with Gasteiger partial charge in [-0.15, -0.1) is 0 Å². The number of amides is 1. The molecule has 316 valence electrons. The number of rotatable bonds is 5. The number of nitrogen functional groups attached to an aromatic ring is 1. The lowest BCUT2D eigenvalue weighted by Crippen LogP contribution is -2.14. The van der Waals surface area contributed by atoms with Crippen LogP contribution >= 0.6 is 23.2 Å². The van der Waals surface area contributed by atoms with Gasteiger partial charge >= 0.3 is 18.3 Å². The predicted molar refractivity (Wildman–Crippen MR) is 223 cm³/mol. The maximum absolute atomic E-state index is 13.2. The minimum Gasteiger partial charge on any atom is -0.478 e. The number of carbonyl (C=O) groups is 2. The van der Waals surface area contributed by atoms with Crippen LogP contribution in [0.2, 0.25) is 10.3 Å². The second-order valence-corrected chi connectivity index (χ2v) is 14.2. The van der Waals surface area contributed by atoms with Gasteiger partial charge in [0.2, 0.25) is 0 Å². The molecular formula is C44H26Cl2F6N8O3. The Morgan fingerprint density at radius 2 is 1.14 bits per heavy atom. The number of nitriles is 2. The molecule has 0 unspecified atom stereocenters. The molecule has 11 nitrogen and oxygen atoms in total. The number of carboxylic acid groups (broad SMARTS) is 1. The number of aromatic nitrogens is 2. The van der Waals surface area contributed by atoms with Crippen LogP contribution in [0.5, 0.6) is 0 Å². The number of nitrogens with one attached hydrogen (secondary N) is 1. The van der Waals surface area contributed by atoms with Gasteiger partial charge in [-0.25, -0.2) is 14.8 Å². The third-order valence-electron chi connectivity index (χ3n) is 9.22. The van der Waals surface area contributed by atoms with Gasteiger partial charge in [-0.2, -0.15) is 36.9 Å². The Morgan fingerprint density at radius 1 is 0.667 bits per heavy atom. The second-order valence-electron chi connectivity index (χ2n) is 13.4. The minimum absolute atomic E-state index is 0.00803. The highest BCUT2D eigenvalue weighted by atomic mass is 35.5. The van der Waals surface area contributed by atoms with E-state index in [0.717, 1.165) is 52.2 Å². The lowest BCUT2D eigenvalue weighted by Gasteiger charge is -2.12. The third-order valence-corrected chi connectivity index (χ3v) is 9.66. The van der Waals surface area contributed by atoms with Crippen LogP contribution in [-0.4, -0.2) is 38.4 Å². The van der Waals surface area contributed by atoms with E-state index in [1.54, 1.807) is 54.9 Å². The first-order chi connectivity index (χ1) is 29.9. The first-order valence-corrected chi connectivity index (χ1v) is 18.8. The molecule has 0 saturated heterocycles. The molecule has 0 fully saturated rings. The number of aliphatic imine (C=N–C) groups is 2. The average molecular weight is 900 g/mol. The summed E-state index contributed by atoms with van der Waals surface area (Å²) in [6.07, 6.45) is -4.92. The number of nitrogens with two attached hydrogens (primary N) is 1. The highest BCUT2D eigenvalue weighted by molar-refractivity contribution is 6.29. The van der Waals surface area contributed by atoms with E-state index in [1.165, 1.54) is 24.3 Å². The summed E-state index contributed by atoms with van der Waals surface area (Å²) in [4.78, 5) is 41.0. The Bertz CT molecular complexity index is 2910. The van der Waals surface area contributed by atoms with Crippen molar-refractivity contribution in [1.29, 1.82) is 10.5 Å². The predicted octanol–water partition coefficient (Wildman–Crippen LogP) is 10.8. The molecule has 4 N–H and O–H groups in total. The van der Waals surface area contributed by atoms with Gasteiger partial charge in [0, 0.05) is 47.7 Å². The van der Waals surface area contributed by atoms with Gasteiger partial charge in [-0.3, -0.25) is 14.8 Å². The van der Waals surface area contributed by atoms with Crippen molar-refractivity contribution >= 4 is 69.3 Å². The van der Waals surface area contributed by atoms with E-state index in [1.807, 2.05) is 18.2 Å². The van der Waals surface area contributed by atoms with Crippen molar-refractivity contribution in [2.24, 2.45) is 9.98 Å². The molecule has 8 rings (SSSR count). The van der Waals surface area contributed by atoms with Crippen LogP contribution in [-0.2, 0) is 25.2 Å². The Balaban J connectivity index is 0.000000175. The maximum Gasteiger partial charge on any atom is 0.417 e. The van der Waals surface area contributed by atoms with Gasteiger partial charge in [0.1, 0.15) is 10.3 Å². The van der Waals surface area contributed by atoms with Gasteiger partial charge in [-0.05, 0) is 83.9 Å². The molecule has 19 heteroatoms. The van der Waals surface area contributed by atoms with Crippen LogP contribution in [0.3, 0.4) is 0 Å². The quantitative estimate of drug-likeness (QED) is 0.0865. The van der Waals surface area contributed by atoms with Gasteiger partial charge in [-0.1, -0.05) is 47.5 Å². The summed E-state index contributed by atoms with van der Waals surface area (Å²) >= 11 is 11.6. The zero-order chi connectivity index (χ0) is 45.6. The number of hydrogen-bond acceptors (Lipinski definition) is 9. The van der Waals surface area contributed by atoms with Crippen molar-refractivity contribution in [2.75, 3.05) is 11.1 Å². The maximum atomic E-state index is 13.2. The van der Waals surface area contributed by atoms with Crippen LogP contribution < -0.4 is 11.1 Å². The molecule has 4 aromatic carbocycles. The van der Waals surface area contributed by atoms with E-state index in [2.05, 4.69) is 25.3 Å². The monoisotopic (exact) mass is 898 g/mol. The van der Waals surface area contributed by atoms with Crippen molar-refractivity contribution in [3.8, 4) is 12.1 Å². The normalized spacial score (nSPS) is 12.4. The molecule has 0 spiro atoms. The number of fused-ring (bicyclic) bond motifs is 2. The number of alkyl halides is 6. The fraction of sp³-hybridized carbons (Fsp3) is 0.0909. The van der Waals surface area contributed by atoms with Crippen LogP contribution in [0.15, 0.2) is 119 Å². The molecule has 4 heterocycles. The number of hydrogen-bond donors (Lipinski definition) is 3. The molecule has 1 amide bonds. The van der Waals surface area contributed by atoms with Crippen molar-refractivity contribution in [2.45, 2.75) is 25.2 Å². The van der Waals surface area contributed by atoms with Crippen LogP contribution in [0.4, 0.5) is 49.1 Å². The highest BCUT2D eigenvalue weighted by Crippen LogP contribution is 2.37. The molecule has 0 bridgehead atoms. The molecule has 2 aliphatic rings. The number of anilines is 2. The molecule has 0 atom stereocenters. The summed E-state index contributed by atoms with van der Waals surface area (Å²) in [7, 11) is 0. The fourth-order valence-corrected chi connectivity index (χ4v) is 6.49.